The van der Waals surface area contributed by atoms with Gasteiger partial charge in [-0.25, -0.2) is 9.97 Å². The Hall–Kier alpha value is -2.87. The summed E-state index contributed by atoms with van der Waals surface area (Å²) in [6, 6.07) is 3.43. The number of anilines is 1. The first-order valence-electron chi connectivity index (χ1n) is 9.68. The van der Waals surface area contributed by atoms with Gasteiger partial charge in [-0.1, -0.05) is 21.3 Å². The van der Waals surface area contributed by atoms with E-state index in [1.54, 1.807) is 19.5 Å². The highest BCUT2D eigenvalue weighted by Gasteiger charge is 2.25. The minimum atomic E-state index is 0. The molecule has 0 radical (unpaired) electrons. The highest BCUT2D eigenvalue weighted by Crippen LogP contribution is 2.35. The number of nitrogens with one attached hydrogen (secondary N) is 1. The van der Waals surface area contributed by atoms with Gasteiger partial charge in [-0.2, -0.15) is 5.10 Å². The Morgan fingerprint density at radius 2 is 2.03 bits per heavy atom. The van der Waals surface area contributed by atoms with Gasteiger partial charge in [-0.05, 0) is 19.2 Å². The maximum atomic E-state index is 10.1. The van der Waals surface area contributed by atoms with Crippen LogP contribution in [-0.4, -0.2) is 56.9 Å². The molecule has 2 aromatic heterocycles. The number of aromatic hydroxyl groups is 1. The SMILES string of the molecule is C.CCN(CC)Cc1n[nH]c2c1CN(c1ncnc3cc(O)c(OC)cc13)CC2. The minimum Gasteiger partial charge on any atom is -0.504 e. The van der Waals surface area contributed by atoms with E-state index in [9.17, 15) is 5.11 Å². The third-order valence-corrected chi connectivity index (χ3v) is 5.50. The van der Waals surface area contributed by atoms with Crippen molar-refractivity contribution in [3.8, 4) is 11.5 Å². The number of phenols is 1. The summed E-state index contributed by atoms with van der Waals surface area (Å²) >= 11 is 0. The van der Waals surface area contributed by atoms with Crippen LogP contribution in [0.5, 0.6) is 11.5 Å². The Bertz CT molecular complexity index is 983. The van der Waals surface area contributed by atoms with Crippen LogP contribution in [-0.2, 0) is 19.5 Å². The molecule has 0 spiro atoms. The Morgan fingerprint density at radius 3 is 2.76 bits per heavy atom. The normalized spacial score (nSPS) is 13.4. The van der Waals surface area contributed by atoms with Gasteiger partial charge in [0.05, 0.1) is 18.3 Å². The Labute approximate surface area is 171 Å². The maximum Gasteiger partial charge on any atom is 0.161 e. The molecule has 0 saturated heterocycles. The summed E-state index contributed by atoms with van der Waals surface area (Å²) in [6.45, 7) is 8.78. The molecule has 1 aliphatic rings. The Kier molecular flexibility index (Phi) is 6.22. The highest BCUT2D eigenvalue weighted by molar-refractivity contribution is 5.92. The largest absolute Gasteiger partial charge is 0.504 e. The van der Waals surface area contributed by atoms with E-state index in [2.05, 4.69) is 43.8 Å². The molecule has 0 bridgehead atoms. The van der Waals surface area contributed by atoms with E-state index in [1.165, 1.54) is 11.3 Å². The minimum absolute atomic E-state index is 0. The van der Waals surface area contributed by atoms with Gasteiger partial charge >= 0.3 is 0 Å². The molecule has 0 unspecified atom stereocenters. The number of methoxy groups -OCH3 is 1. The first-order valence-corrected chi connectivity index (χ1v) is 9.68. The number of ether oxygens (including phenoxy) is 1. The highest BCUT2D eigenvalue weighted by atomic mass is 16.5. The van der Waals surface area contributed by atoms with Gasteiger partial charge in [0.1, 0.15) is 12.1 Å². The third-order valence-electron chi connectivity index (χ3n) is 5.50. The zero-order valence-corrected chi connectivity index (χ0v) is 16.6. The molecule has 156 valence electrons. The van der Waals surface area contributed by atoms with Gasteiger partial charge in [-0.15, -0.1) is 0 Å². The number of aromatic nitrogens is 4. The predicted molar refractivity (Wildman–Crippen MR) is 114 cm³/mol. The standard InChI is InChI=1S/C20H26N6O2.CH4/c1-4-25(5-2)11-17-14-10-26(7-6-15(14)23-24-17)20-13-8-19(28-3)18(27)9-16(13)21-12-22-20;/h8-9,12,27H,4-7,10-11H2,1-3H3,(H,23,24);1H4. The lowest BCUT2D eigenvalue weighted by Crippen LogP contribution is -2.32. The van der Waals surface area contributed by atoms with Crippen molar-refractivity contribution < 1.29 is 9.84 Å². The molecule has 4 rings (SSSR count). The molecule has 0 aliphatic carbocycles. The van der Waals surface area contributed by atoms with Crippen molar-refractivity contribution in [1.82, 2.24) is 25.1 Å². The van der Waals surface area contributed by atoms with Crippen molar-refractivity contribution in [1.29, 1.82) is 0 Å². The van der Waals surface area contributed by atoms with Crippen molar-refractivity contribution in [2.45, 2.75) is 40.8 Å². The van der Waals surface area contributed by atoms with E-state index >= 15 is 0 Å². The van der Waals surface area contributed by atoms with Crippen molar-refractivity contribution in [2.75, 3.05) is 31.6 Å². The number of aromatic amines is 1. The summed E-state index contributed by atoms with van der Waals surface area (Å²) in [5.41, 5.74) is 4.28. The van der Waals surface area contributed by atoms with E-state index < -0.39 is 0 Å². The first kappa shape index (κ1) is 20.9. The second kappa shape index (κ2) is 8.65. The van der Waals surface area contributed by atoms with E-state index in [0.29, 0.717) is 11.3 Å². The second-order valence-corrected chi connectivity index (χ2v) is 7.00. The van der Waals surface area contributed by atoms with Gasteiger partial charge in [0, 0.05) is 48.8 Å². The lowest BCUT2D eigenvalue weighted by atomic mass is 10.0. The lowest BCUT2D eigenvalue weighted by molar-refractivity contribution is 0.291. The van der Waals surface area contributed by atoms with Crippen LogP contribution in [0.2, 0.25) is 0 Å². The van der Waals surface area contributed by atoms with E-state index in [-0.39, 0.29) is 13.2 Å². The zero-order valence-electron chi connectivity index (χ0n) is 16.6. The Morgan fingerprint density at radius 1 is 1.24 bits per heavy atom. The summed E-state index contributed by atoms with van der Waals surface area (Å²) in [4.78, 5) is 13.5. The monoisotopic (exact) mass is 398 g/mol. The third kappa shape index (κ3) is 3.85. The van der Waals surface area contributed by atoms with E-state index in [4.69, 9.17) is 4.74 Å². The fourth-order valence-electron chi connectivity index (χ4n) is 3.80. The number of rotatable bonds is 6. The summed E-state index contributed by atoms with van der Waals surface area (Å²) < 4.78 is 5.28. The first-order chi connectivity index (χ1) is 13.6. The fraction of sp³-hybridized carbons (Fsp3) is 0.476. The molecule has 0 fully saturated rings. The van der Waals surface area contributed by atoms with Crippen LogP contribution in [0, 0.1) is 0 Å². The molecule has 29 heavy (non-hydrogen) atoms. The van der Waals surface area contributed by atoms with Crippen LogP contribution in [0.25, 0.3) is 10.9 Å². The molecule has 1 aromatic carbocycles. The van der Waals surface area contributed by atoms with Crippen LogP contribution < -0.4 is 9.64 Å². The van der Waals surface area contributed by atoms with Gasteiger partial charge < -0.3 is 14.7 Å². The van der Waals surface area contributed by atoms with Crippen molar-refractivity contribution in [3.63, 3.8) is 0 Å². The van der Waals surface area contributed by atoms with Crippen molar-refractivity contribution >= 4 is 16.7 Å². The lowest BCUT2D eigenvalue weighted by Gasteiger charge is -2.29. The fourth-order valence-corrected chi connectivity index (χ4v) is 3.80. The van der Waals surface area contributed by atoms with Gasteiger partial charge in [0.25, 0.3) is 0 Å². The van der Waals surface area contributed by atoms with E-state index in [0.717, 1.165) is 56.0 Å². The topological polar surface area (TPSA) is 90.4 Å². The molecule has 3 heterocycles. The number of hydrogen-bond acceptors (Lipinski definition) is 7. The smallest absolute Gasteiger partial charge is 0.161 e. The molecule has 2 N–H and O–H groups in total. The molecular formula is C21H30N6O2. The number of hydrogen-bond donors (Lipinski definition) is 2. The van der Waals surface area contributed by atoms with Crippen molar-refractivity contribution in [2.24, 2.45) is 0 Å². The summed E-state index contributed by atoms with van der Waals surface area (Å²) in [7, 11) is 1.54. The van der Waals surface area contributed by atoms with Crippen LogP contribution in [0.3, 0.4) is 0 Å². The quantitative estimate of drug-likeness (QED) is 0.659. The summed E-state index contributed by atoms with van der Waals surface area (Å²) in [5.74, 6) is 1.35. The molecule has 0 amide bonds. The molecule has 0 atom stereocenters. The van der Waals surface area contributed by atoms with Gasteiger partial charge in [-0.3, -0.25) is 10.00 Å². The predicted octanol–water partition coefficient (Wildman–Crippen LogP) is 3.11. The average molecular weight is 399 g/mol. The summed E-state index contributed by atoms with van der Waals surface area (Å²) in [6.07, 6.45) is 2.44. The molecule has 0 saturated carbocycles. The van der Waals surface area contributed by atoms with Crippen molar-refractivity contribution in [3.05, 3.63) is 35.4 Å². The Balaban J connectivity index is 0.00000240. The van der Waals surface area contributed by atoms with Crippen LogP contribution in [0.4, 0.5) is 5.82 Å². The van der Waals surface area contributed by atoms with E-state index in [1.807, 2.05) is 6.07 Å². The molecule has 1 aliphatic heterocycles. The summed E-state index contributed by atoms with van der Waals surface area (Å²) in [5, 5.41) is 18.7. The maximum absolute atomic E-state index is 10.1. The molecule has 8 heteroatoms. The van der Waals surface area contributed by atoms with Crippen LogP contribution in [0.1, 0.15) is 38.2 Å². The molecule has 8 nitrogen and oxygen atoms in total. The molecular weight excluding hydrogens is 368 g/mol. The average Bonchev–Trinajstić information content (AvgIpc) is 3.12. The second-order valence-electron chi connectivity index (χ2n) is 7.00. The molecule has 3 aromatic rings. The van der Waals surface area contributed by atoms with Gasteiger partial charge in [0.15, 0.2) is 11.5 Å². The van der Waals surface area contributed by atoms with Crippen LogP contribution >= 0.6 is 0 Å². The number of fused-ring (bicyclic) bond motifs is 2. The number of H-pyrrole nitrogens is 1. The zero-order chi connectivity index (χ0) is 19.7. The number of benzene rings is 1. The number of phenolic OH excluding ortho intramolecular Hbond substituents is 1. The number of nitrogens with zero attached hydrogens (tertiary/aromatic N) is 5. The van der Waals surface area contributed by atoms with Crippen LogP contribution in [0.15, 0.2) is 18.5 Å². The van der Waals surface area contributed by atoms with Gasteiger partial charge in [0.2, 0.25) is 0 Å².